The molecule has 7 nitrogen and oxygen atoms in total. The Hall–Kier alpha value is -3.13. The molecule has 0 fully saturated rings. The van der Waals surface area contributed by atoms with Crippen molar-refractivity contribution in [3.63, 3.8) is 0 Å². The molecule has 0 atom stereocenters. The Morgan fingerprint density at radius 2 is 1.92 bits per heavy atom. The second kappa shape index (κ2) is 6.30. The van der Waals surface area contributed by atoms with Gasteiger partial charge in [0.1, 0.15) is 5.82 Å². The number of aromatic nitrogens is 2. The summed E-state index contributed by atoms with van der Waals surface area (Å²) in [4.78, 5) is 4.37. The highest BCUT2D eigenvalue weighted by Crippen LogP contribution is 2.28. The summed E-state index contributed by atoms with van der Waals surface area (Å²) in [7, 11) is -3.72. The maximum atomic E-state index is 12.9. The van der Waals surface area contributed by atoms with E-state index in [0.29, 0.717) is 23.5 Å². The Labute approximate surface area is 151 Å². The molecular formula is C18H17N5O2S. The Balaban J connectivity index is 1.76. The van der Waals surface area contributed by atoms with Crippen molar-refractivity contribution >= 4 is 27.9 Å². The average molecular weight is 367 g/mol. The molecule has 8 heteroatoms. The summed E-state index contributed by atoms with van der Waals surface area (Å²) < 4.78 is 30.0. The van der Waals surface area contributed by atoms with E-state index in [1.165, 1.54) is 0 Å². The number of nitrogens with one attached hydrogen (secondary N) is 2. The van der Waals surface area contributed by atoms with Gasteiger partial charge in [0.05, 0.1) is 29.7 Å². The number of rotatable bonds is 4. The van der Waals surface area contributed by atoms with Crippen LogP contribution in [0, 0.1) is 6.92 Å². The van der Waals surface area contributed by atoms with Gasteiger partial charge < -0.3 is 5.32 Å². The molecule has 1 aliphatic heterocycles. The van der Waals surface area contributed by atoms with Gasteiger partial charge in [-0.05, 0) is 36.8 Å². The molecule has 2 aromatic carbocycles. The molecule has 0 amide bonds. The van der Waals surface area contributed by atoms with E-state index < -0.39 is 10.0 Å². The predicted octanol–water partition coefficient (Wildman–Crippen LogP) is 2.94. The molecule has 0 saturated heterocycles. The van der Waals surface area contributed by atoms with E-state index in [-0.39, 0.29) is 4.90 Å². The van der Waals surface area contributed by atoms with Crippen LogP contribution >= 0.6 is 0 Å². The van der Waals surface area contributed by atoms with Gasteiger partial charge in [-0.25, -0.2) is 13.1 Å². The maximum Gasteiger partial charge on any atom is 0.262 e. The van der Waals surface area contributed by atoms with E-state index in [1.807, 2.05) is 12.1 Å². The number of hydrogen-bond acceptors (Lipinski definition) is 5. The zero-order chi connectivity index (χ0) is 18.1. The number of hydrogen-bond donors (Lipinski definition) is 2. The minimum Gasteiger partial charge on any atom is -0.331 e. The SMILES string of the molecule is Cc1c(-n2ncc3c2NC=NC3)cccc1S(=O)(=O)Nc1ccccc1. The van der Waals surface area contributed by atoms with E-state index in [2.05, 4.69) is 20.1 Å². The van der Waals surface area contributed by atoms with Crippen molar-refractivity contribution in [2.45, 2.75) is 18.4 Å². The third-order valence-corrected chi connectivity index (χ3v) is 5.72. The van der Waals surface area contributed by atoms with Gasteiger partial charge in [0.2, 0.25) is 0 Å². The van der Waals surface area contributed by atoms with Crippen LogP contribution in [0.4, 0.5) is 11.5 Å². The molecular weight excluding hydrogens is 350 g/mol. The summed E-state index contributed by atoms with van der Waals surface area (Å²) in [5.41, 5.74) is 2.80. The minimum absolute atomic E-state index is 0.215. The van der Waals surface area contributed by atoms with Crippen LogP contribution in [0.15, 0.2) is 64.6 Å². The van der Waals surface area contributed by atoms with Crippen molar-refractivity contribution in [3.05, 3.63) is 65.9 Å². The summed E-state index contributed by atoms with van der Waals surface area (Å²) in [5.74, 6) is 0.800. The fraction of sp³-hybridized carbons (Fsp3) is 0.111. The van der Waals surface area contributed by atoms with Crippen molar-refractivity contribution in [1.82, 2.24) is 9.78 Å². The molecule has 2 heterocycles. The number of anilines is 2. The van der Waals surface area contributed by atoms with Gasteiger partial charge in [0.25, 0.3) is 10.0 Å². The molecule has 1 aliphatic rings. The second-order valence-electron chi connectivity index (χ2n) is 5.92. The lowest BCUT2D eigenvalue weighted by Crippen LogP contribution is -2.16. The van der Waals surface area contributed by atoms with E-state index in [4.69, 9.17) is 0 Å². The summed E-state index contributed by atoms with van der Waals surface area (Å²) in [5, 5.41) is 7.47. The third kappa shape index (κ3) is 2.84. The van der Waals surface area contributed by atoms with Gasteiger partial charge in [-0.2, -0.15) is 5.10 Å². The van der Waals surface area contributed by atoms with E-state index in [9.17, 15) is 8.42 Å². The molecule has 4 rings (SSSR count). The van der Waals surface area contributed by atoms with Crippen molar-refractivity contribution in [1.29, 1.82) is 0 Å². The van der Waals surface area contributed by atoms with Crippen LogP contribution in [0.1, 0.15) is 11.1 Å². The van der Waals surface area contributed by atoms with Gasteiger partial charge in [-0.1, -0.05) is 24.3 Å². The molecule has 0 radical (unpaired) electrons. The van der Waals surface area contributed by atoms with Crippen LogP contribution < -0.4 is 10.0 Å². The number of para-hydroxylation sites is 1. The zero-order valence-corrected chi connectivity index (χ0v) is 14.9. The second-order valence-corrected chi connectivity index (χ2v) is 7.57. The number of sulfonamides is 1. The first-order valence-corrected chi connectivity index (χ1v) is 9.54. The van der Waals surface area contributed by atoms with Crippen LogP contribution in [0.3, 0.4) is 0 Å². The largest absolute Gasteiger partial charge is 0.331 e. The fourth-order valence-corrected chi connectivity index (χ4v) is 4.25. The summed E-state index contributed by atoms with van der Waals surface area (Å²) in [6.45, 7) is 2.33. The quantitative estimate of drug-likeness (QED) is 0.742. The molecule has 0 aliphatic carbocycles. The number of fused-ring (bicyclic) bond motifs is 1. The molecule has 26 heavy (non-hydrogen) atoms. The normalized spacial score (nSPS) is 13.1. The smallest absolute Gasteiger partial charge is 0.262 e. The molecule has 0 spiro atoms. The van der Waals surface area contributed by atoms with Gasteiger partial charge in [-0.15, -0.1) is 0 Å². The highest BCUT2D eigenvalue weighted by atomic mass is 32.2. The van der Waals surface area contributed by atoms with Gasteiger partial charge in [0, 0.05) is 11.3 Å². The van der Waals surface area contributed by atoms with Crippen molar-refractivity contribution in [2.75, 3.05) is 10.0 Å². The average Bonchev–Trinajstić information content (AvgIpc) is 3.06. The standard InChI is InChI=1S/C18H17N5O2S/c1-13-16(23-18-14(11-21-23)10-19-12-20-18)8-5-9-17(13)26(24,25)22-15-6-3-2-4-7-15/h2-9,11-12,22H,10H2,1H3,(H,19,20). The van der Waals surface area contributed by atoms with Crippen LogP contribution in [0.2, 0.25) is 0 Å². The molecule has 0 bridgehead atoms. The third-order valence-electron chi connectivity index (χ3n) is 4.20. The summed E-state index contributed by atoms with van der Waals surface area (Å²) >= 11 is 0. The first-order chi connectivity index (χ1) is 12.6. The predicted molar refractivity (Wildman–Crippen MR) is 101 cm³/mol. The van der Waals surface area contributed by atoms with E-state index in [1.54, 1.807) is 60.5 Å². The monoisotopic (exact) mass is 367 g/mol. The Bertz CT molecular complexity index is 1090. The molecule has 0 unspecified atom stereocenters. The minimum atomic E-state index is -3.72. The van der Waals surface area contributed by atoms with Crippen molar-refractivity contribution in [2.24, 2.45) is 4.99 Å². The summed E-state index contributed by atoms with van der Waals surface area (Å²) in [6.07, 6.45) is 3.36. The maximum absolute atomic E-state index is 12.9. The number of nitrogens with zero attached hydrogens (tertiary/aromatic N) is 3. The topological polar surface area (TPSA) is 88.4 Å². The lowest BCUT2D eigenvalue weighted by molar-refractivity contribution is 0.600. The highest BCUT2D eigenvalue weighted by molar-refractivity contribution is 7.92. The highest BCUT2D eigenvalue weighted by Gasteiger charge is 2.21. The van der Waals surface area contributed by atoms with Crippen molar-refractivity contribution < 1.29 is 8.42 Å². The lowest BCUT2D eigenvalue weighted by atomic mass is 10.2. The Kier molecular flexibility index (Phi) is 3.96. The zero-order valence-electron chi connectivity index (χ0n) is 14.0. The van der Waals surface area contributed by atoms with E-state index in [0.717, 1.165) is 11.4 Å². The molecule has 1 aromatic heterocycles. The molecule has 3 aromatic rings. The van der Waals surface area contributed by atoms with Gasteiger partial charge in [-0.3, -0.25) is 9.71 Å². The molecule has 0 saturated carbocycles. The first-order valence-electron chi connectivity index (χ1n) is 8.06. The van der Waals surface area contributed by atoms with Crippen LogP contribution in [-0.2, 0) is 16.6 Å². The Morgan fingerprint density at radius 1 is 1.12 bits per heavy atom. The molecule has 132 valence electrons. The van der Waals surface area contributed by atoms with Crippen LogP contribution in [0.5, 0.6) is 0 Å². The van der Waals surface area contributed by atoms with E-state index >= 15 is 0 Å². The van der Waals surface area contributed by atoms with Crippen LogP contribution in [-0.4, -0.2) is 24.5 Å². The number of aliphatic imine (C=N–C) groups is 1. The fourth-order valence-electron chi connectivity index (χ4n) is 2.93. The summed E-state index contributed by atoms with van der Waals surface area (Å²) in [6, 6.07) is 14.0. The first kappa shape index (κ1) is 16.3. The van der Waals surface area contributed by atoms with Crippen molar-refractivity contribution in [3.8, 4) is 5.69 Å². The Morgan fingerprint density at radius 3 is 2.73 bits per heavy atom. The van der Waals surface area contributed by atoms with Crippen LogP contribution in [0.25, 0.3) is 5.69 Å². The van der Waals surface area contributed by atoms with Gasteiger partial charge >= 0.3 is 0 Å². The van der Waals surface area contributed by atoms with Gasteiger partial charge in [0.15, 0.2) is 0 Å². The molecule has 2 N–H and O–H groups in total. The lowest BCUT2D eigenvalue weighted by Gasteiger charge is -2.16. The number of benzene rings is 2.